The number of aliphatic hydroxyl groups is 1. The lowest BCUT2D eigenvalue weighted by Gasteiger charge is -2.43. The molecule has 1 N–H and O–H groups in total. The first-order valence-corrected chi connectivity index (χ1v) is 9.44. The minimum absolute atomic E-state index is 0.184. The minimum atomic E-state index is -0.420. The number of piperidine rings is 1. The molecule has 0 radical (unpaired) electrons. The van der Waals surface area contributed by atoms with E-state index in [9.17, 15) is 10.4 Å². The van der Waals surface area contributed by atoms with E-state index in [-0.39, 0.29) is 6.04 Å². The van der Waals surface area contributed by atoms with Crippen molar-refractivity contribution in [3.8, 4) is 6.07 Å². The van der Waals surface area contributed by atoms with Crippen LogP contribution in [0.4, 0.5) is 5.82 Å². The number of aryl methyl sites for hydroxylation is 2. The SMILES string of the molecule is N#Cc1cc2c(nc1N1CC[C@@H](N3CCOCC3)[C@H](O)C1)CCCC2. The summed E-state index contributed by atoms with van der Waals surface area (Å²) in [7, 11) is 0. The monoisotopic (exact) mass is 342 g/mol. The number of anilines is 1. The Kier molecular flexibility index (Phi) is 4.89. The zero-order chi connectivity index (χ0) is 17.2. The third-order valence-corrected chi connectivity index (χ3v) is 5.76. The molecule has 6 heteroatoms. The van der Waals surface area contributed by atoms with Gasteiger partial charge >= 0.3 is 0 Å². The Morgan fingerprint density at radius 2 is 2.00 bits per heavy atom. The highest BCUT2D eigenvalue weighted by Gasteiger charge is 2.34. The van der Waals surface area contributed by atoms with Crippen LogP contribution in [0.5, 0.6) is 0 Å². The second-order valence-corrected chi connectivity index (χ2v) is 7.30. The number of ether oxygens (including phenoxy) is 1. The van der Waals surface area contributed by atoms with Crippen LogP contribution in [-0.4, -0.2) is 66.5 Å². The first kappa shape index (κ1) is 16.8. The van der Waals surface area contributed by atoms with Crippen molar-refractivity contribution in [2.24, 2.45) is 0 Å². The summed E-state index contributed by atoms with van der Waals surface area (Å²) in [4.78, 5) is 9.29. The van der Waals surface area contributed by atoms with E-state index >= 15 is 0 Å². The van der Waals surface area contributed by atoms with E-state index in [1.165, 1.54) is 18.4 Å². The van der Waals surface area contributed by atoms with Crippen molar-refractivity contribution in [3.63, 3.8) is 0 Å². The highest BCUT2D eigenvalue weighted by atomic mass is 16.5. The Hall–Kier alpha value is -1.68. The summed E-state index contributed by atoms with van der Waals surface area (Å²) >= 11 is 0. The molecule has 0 aromatic carbocycles. The van der Waals surface area contributed by atoms with Gasteiger partial charge in [0, 0.05) is 37.9 Å². The maximum atomic E-state index is 10.7. The van der Waals surface area contributed by atoms with Crippen molar-refractivity contribution in [2.45, 2.75) is 44.2 Å². The molecule has 2 saturated heterocycles. The van der Waals surface area contributed by atoms with Gasteiger partial charge in [-0.2, -0.15) is 5.26 Å². The molecule has 3 aliphatic rings. The van der Waals surface area contributed by atoms with Gasteiger partial charge in [0.25, 0.3) is 0 Å². The molecule has 0 spiro atoms. The fourth-order valence-corrected chi connectivity index (χ4v) is 4.39. The Morgan fingerprint density at radius 3 is 2.76 bits per heavy atom. The van der Waals surface area contributed by atoms with Gasteiger partial charge in [-0.05, 0) is 43.7 Å². The van der Waals surface area contributed by atoms with Crippen LogP contribution in [0.1, 0.15) is 36.1 Å². The summed E-state index contributed by atoms with van der Waals surface area (Å²) in [5, 5.41) is 20.3. The molecule has 1 aromatic heterocycles. The zero-order valence-corrected chi connectivity index (χ0v) is 14.7. The zero-order valence-electron chi connectivity index (χ0n) is 14.7. The second kappa shape index (κ2) is 7.28. The van der Waals surface area contributed by atoms with E-state index in [4.69, 9.17) is 9.72 Å². The maximum absolute atomic E-state index is 10.7. The van der Waals surface area contributed by atoms with Crippen LogP contribution < -0.4 is 4.90 Å². The lowest BCUT2D eigenvalue weighted by Crippen LogP contribution is -2.57. The van der Waals surface area contributed by atoms with Gasteiger partial charge in [0.2, 0.25) is 0 Å². The van der Waals surface area contributed by atoms with E-state index in [0.29, 0.717) is 12.1 Å². The molecular formula is C19H26N4O2. The van der Waals surface area contributed by atoms with E-state index in [1.807, 2.05) is 6.07 Å². The topological polar surface area (TPSA) is 72.6 Å². The summed E-state index contributed by atoms with van der Waals surface area (Å²) < 4.78 is 5.42. The normalized spacial score (nSPS) is 27.6. The third kappa shape index (κ3) is 3.37. The van der Waals surface area contributed by atoms with Crippen molar-refractivity contribution in [1.82, 2.24) is 9.88 Å². The van der Waals surface area contributed by atoms with Crippen LogP contribution >= 0.6 is 0 Å². The van der Waals surface area contributed by atoms with E-state index in [1.54, 1.807) is 0 Å². The van der Waals surface area contributed by atoms with Gasteiger partial charge in [-0.3, -0.25) is 4.90 Å². The first-order valence-electron chi connectivity index (χ1n) is 9.44. The molecule has 2 aliphatic heterocycles. The minimum Gasteiger partial charge on any atom is -0.390 e. The second-order valence-electron chi connectivity index (χ2n) is 7.30. The molecule has 1 aliphatic carbocycles. The van der Waals surface area contributed by atoms with Gasteiger partial charge < -0.3 is 14.7 Å². The Bertz CT molecular complexity index is 666. The number of aromatic nitrogens is 1. The largest absolute Gasteiger partial charge is 0.390 e. The van der Waals surface area contributed by atoms with Crippen LogP contribution in [0.2, 0.25) is 0 Å². The van der Waals surface area contributed by atoms with Gasteiger partial charge in [-0.25, -0.2) is 4.98 Å². The third-order valence-electron chi connectivity index (χ3n) is 5.76. The molecule has 3 heterocycles. The molecule has 0 unspecified atom stereocenters. The predicted molar refractivity (Wildman–Crippen MR) is 94.6 cm³/mol. The molecule has 25 heavy (non-hydrogen) atoms. The molecule has 2 atom stereocenters. The molecule has 4 rings (SSSR count). The van der Waals surface area contributed by atoms with Crippen molar-refractivity contribution >= 4 is 5.82 Å². The summed E-state index contributed by atoms with van der Waals surface area (Å²) in [6.07, 6.45) is 4.86. The summed E-state index contributed by atoms with van der Waals surface area (Å²) in [6.45, 7) is 4.66. The number of nitriles is 1. The number of pyridine rings is 1. The first-order chi connectivity index (χ1) is 12.3. The molecule has 6 nitrogen and oxygen atoms in total. The number of aliphatic hydroxyl groups excluding tert-OH is 1. The van der Waals surface area contributed by atoms with E-state index in [2.05, 4.69) is 15.9 Å². The average Bonchev–Trinajstić information content (AvgIpc) is 2.67. The van der Waals surface area contributed by atoms with Gasteiger partial charge in [0.05, 0.1) is 24.9 Å². The average molecular weight is 342 g/mol. The molecule has 2 fully saturated rings. The van der Waals surface area contributed by atoms with E-state index in [0.717, 1.165) is 63.6 Å². The molecule has 0 amide bonds. The highest BCUT2D eigenvalue weighted by molar-refractivity contribution is 5.57. The Morgan fingerprint density at radius 1 is 1.20 bits per heavy atom. The van der Waals surface area contributed by atoms with Crippen LogP contribution in [0.3, 0.4) is 0 Å². The molecule has 0 saturated carbocycles. The van der Waals surface area contributed by atoms with Crippen LogP contribution in [0.25, 0.3) is 0 Å². The standard InChI is InChI=1S/C19H26N4O2/c20-12-15-11-14-3-1-2-4-16(14)21-19(15)23-6-5-17(18(24)13-23)22-7-9-25-10-8-22/h11,17-18,24H,1-10,13H2/t17-,18-/m1/s1. The maximum Gasteiger partial charge on any atom is 0.146 e. The molecule has 0 bridgehead atoms. The Labute approximate surface area is 149 Å². The number of hydrogen-bond acceptors (Lipinski definition) is 6. The number of nitrogens with zero attached hydrogens (tertiary/aromatic N) is 4. The number of rotatable bonds is 2. The van der Waals surface area contributed by atoms with Gasteiger partial charge in [-0.1, -0.05) is 0 Å². The number of fused-ring (bicyclic) bond motifs is 1. The van der Waals surface area contributed by atoms with Crippen molar-refractivity contribution in [1.29, 1.82) is 5.26 Å². The summed E-state index contributed by atoms with van der Waals surface area (Å²) in [5.74, 6) is 0.766. The van der Waals surface area contributed by atoms with Crippen molar-refractivity contribution < 1.29 is 9.84 Å². The van der Waals surface area contributed by atoms with Crippen LogP contribution in [0.15, 0.2) is 6.07 Å². The highest BCUT2D eigenvalue weighted by Crippen LogP contribution is 2.29. The van der Waals surface area contributed by atoms with Crippen LogP contribution in [0, 0.1) is 11.3 Å². The Balaban J connectivity index is 1.52. The quantitative estimate of drug-likeness (QED) is 0.868. The molecule has 134 valence electrons. The number of morpholine rings is 1. The molecular weight excluding hydrogens is 316 g/mol. The summed E-state index contributed by atoms with van der Waals surface area (Å²) in [5.41, 5.74) is 3.03. The lowest BCUT2D eigenvalue weighted by molar-refractivity contribution is -0.0274. The van der Waals surface area contributed by atoms with Crippen LogP contribution in [-0.2, 0) is 17.6 Å². The van der Waals surface area contributed by atoms with E-state index < -0.39 is 6.10 Å². The molecule has 1 aromatic rings. The van der Waals surface area contributed by atoms with Crippen molar-refractivity contribution in [3.05, 3.63) is 22.9 Å². The number of hydrogen-bond donors (Lipinski definition) is 1. The smallest absolute Gasteiger partial charge is 0.146 e. The predicted octanol–water partition coefficient (Wildman–Crippen LogP) is 1.10. The number of β-amino-alcohol motifs (C(OH)–C–C–N with tert-alkyl or cyclic N) is 1. The van der Waals surface area contributed by atoms with Gasteiger partial charge in [0.1, 0.15) is 11.9 Å². The fourth-order valence-electron chi connectivity index (χ4n) is 4.39. The summed E-state index contributed by atoms with van der Waals surface area (Å²) in [6, 6.07) is 4.53. The van der Waals surface area contributed by atoms with Crippen molar-refractivity contribution in [2.75, 3.05) is 44.3 Å². The fraction of sp³-hybridized carbons (Fsp3) is 0.684. The van der Waals surface area contributed by atoms with Gasteiger partial charge in [0.15, 0.2) is 0 Å². The lowest BCUT2D eigenvalue weighted by atomic mass is 9.94. The van der Waals surface area contributed by atoms with Gasteiger partial charge in [-0.15, -0.1) is 0 Å².